The largest absolute Gasteiger partial charge is 0.281 e. The van der Waals surface area contributed by atoms with Crippen LogP contribution in [0.15, 0.2) is 30.5 Å². The molecular formula is C12H13ClN2O2S. The molecule has 1 aromatic heterocycles. The van der Waals surface area contributed by atoms with Crippen LogP contribution in [0.1, 0.15) is 13.8 Å². The maximum absolute atomic E-state index is 11.9. The van der Waals surface area contributed by atoms with Crippen molar-refractivity contribution < 1.29 is 8.42 Å². The van der Waals surface area contributed by atoms with Gasteiger partial charge in [0.15, 0.2) is 0 Å². The van der Waals surface area contributed by atoms with Crippen LogP contribution in [0.5, 0.6) is 0 Å². The fourth-order valence-corrected chi connectivity index (χ4v) is 2.43. The number of aromatic nitrogens is 1. The highest BCUT2D eigenvalue weighted by atomic mass is 35.5. The van der Waals surface area contributed by atoms with E-state index in [2.05, 4.69) is 9.71 Å². The molecule has 0 aliphatic rings. The molecule has 0 fully saturated rings. The molecule has 0 bridgehead atoms. The second-order valence-electron chi connectivity index (χ2n) is 4.22. The highest BCUT2D eigenvalue weighted by Gasteiger charge is 2.17. The predicted molar refractivity (Wildman–Crippen MR) is 74.4 cm³/mol. The summed E-state index contributed by atoms with van der Waals surface area (Å²) in [5, 5.41) is 0.749. The van der Waals surface area contributed by atoms with E-state index in [1.165, 1.54) is 0 Å². The van der Waals surface area contributed by atoms with Crippen LogP contribution in [0.25, 0.3) is 10.9 Å². The topological polar surface area (TPSA) is 59.1 Å². The van der Waals surface area contributed by atoms with E-state index in [-0.39, 0.29) is 0 Å². The summed E-state index contributed by atoms with van der Waals surface area (Å²) in [6.07, 6.45) is 1.61. The van der Waals surface area contributed by atoms with Crippen molar-refractivity contribution in [2.24, 2.45) is 0 Å². The van der Waals surface area contributed by atoms with E-state index < -0.39 is 15.3 Å². The summed E-state index contributed by atoms with van der Waals surface area (Å²) in [6, 6.07) is 6.93. The summed E-state index contributed by atoms with van der Waals surface area (Å²) in [5.41, 5.74) is 0.998. The van der Waals surface area contributed by atoms with Crippen LogP contribution in [0.2, 0.25) is 5.02 Å². The van der Waals surface area contributed by atoms with Gasteiger partial charge >= 0.3 is 0 Å². The lowest BCUT2D eigenvalue weighted by Gasteiger charge is -2.12. The lowest BCUT2D eigenvalue weighted by Crippen LogP contribution is -2.22. The molecule has 2 aromatic rings. The lowest BCUT2D eigenvalue weighted by atomic mass is 10.2. The van der Waals surface area contributed by atoms with E-state index in [9.17, 15) is 8.42 Å². The molecule has 4 nitrogen and oxygen atoms in total. The number of nitrogens with zero attached hydrogens (tertiary/aromatic N) is 1. The molecule has 0 saturated carbocycles. The number of benzene rings is 1. The van der Waals surface area contributed by atoms with E-state index >= 15 is 0 Å². The summed E-state index contributed by atoms with van der Waals surface area (Å²) in [5.74, 6) is 0. The predicted octanol–water partition coefficient (Wildman–Crippen LogP) is 3.04. The molecule has 0 unspecified atom stereocenters. The zero-order chi connectivity index (χ0) is 13.3. The van der Waals surface area contributed by atoms with Gasteiger partial charge in [0.2, 0.25) is 10.0 Å². The molecule has 1 aromatic carbocycles. The van der Waals surface area contributed by atoms with Gasteiger partial charge in [-0.3, -0.25) is 9.71 Å². The number of anilines is 1. The van der Waals surface area contributed by atoms with Crippen LogP contribution in [0, 0.1) is 0 Å². The molecule has 1 heterocycles. The van der Waals surface area contributed by atoms with Gasteiger partial charge in [0, 0.05) is 16.6 Å². The van der Waals surface area contributed by atoms with Crippen LogP contribution >= 0.6 is 11.6 Å². The monoisotopic (exact) mass is 284 g/mol. The van der Waals surface area contributed by atoms with Crippen molar-refractivity contribution in [3.8, 4) is 0 Å². The van der Waals surface area contributed by atoms with E-state index in [0.29, 0.717) is 16.2 Å². The molecule has 0 aliphatic heterocycles. The van der Waals surface area contributed by atoms with E-state index in [1.54, 1.807) is 38.2 Å². The Labute approximate surface area is 111 Å². The third-order valence-electron chi connectivity index (χ3n) is 2.54. The number of nitrogens with one attached hydrogen (secondary N) is 1. The maximum Gasteiger partial charge on any atom is 0.235 e. The molecule has 96 valence electrons. The average Bonchev–Trinajstić information content (AvgIpc) is 2.28. The number of rotatable bonds is 3. The van der Waals surface area contributed by atoms with Gasteiger partial charge in [-0.05, 0) is 32.0 Å². The smallest absolute Gasteiger partial charge is 0.235 e. The first-order chi connectivity index (χ1) is 8.40. The molecule has 6 heteroatoms. The standard InChI is InChI=1S/C12H13ClN2O2S/c1-8(2)18(16,17)15-11-7-10(13)6-9-4-3-5-14-12(9)11/h3-8,15H,1-2H3. The Hall–Kier alpha value is -1.33. The summed E-state index contributed by atoms with van der Waals surface area (Å²) in [6.45, 7) is 3.23. The molecule has 0 amide bonds. The molecule has 0 spiro atoms. The zero-order valence-electron chi connectivity index (χ0n) is 10.0. The summed E-state index contributed by atoms with van der Waals surface area (Å²) in [4.78, 5) is 4.18. The fraction of sp³-hybridized carbons (Fsp3) is 0.250. The maximum atomic E-state index is 11.9. The quantitative estimate of drug-likeness (QED) is 0.942. The molecule has 0 atom stereocenters. The van der Waals surface area contributed by atoms with Crippen LogP contribution in [0.4, 0.5) is 5.69 Å². The van der Waals surface area contributed by atoms with Crippen molar-refractivity contribution in [2.45, 2.75) is 19.1 Å². The van der Waals surface area contributed by atoms with E-state index in [1.807, 2.05) is 6.07 Å². The second kappa shape index (κ2) is 4.74. The number of hydrogen-bond donors (Lipinski definition) is 1. The first-order valence-corrected chi connectivity index (χ1v) is 7.38. The summed E-state index contributed by atoms with van der Waals surface area (Å²) in [7, 11) is -3.41. The van der Waals surface area contributed by atoms with Crippen molar-refractivity contribution in [1.29, 1.82) is 0 Å². The van der Waals surface area contributed by atoms with Gasteiger partial charge in [0.25, 0.3) is 0 Å². The van der Waals surface area contributed by atoms with E-state index in [0.717, 1.165) is 5.39 Å². The lowest BCUT2D eigenvalue weighted by molar-refractivity contribution is 0.593. The minimum atomic E-state index is -3.41. The van der Waals surface area contributed by atoms with Gasteiger partial charge in [-0.1, -0.05) is 17.7 Å². The van der Waals surface area contributed by atoms with Crippen molar-refractivity contribution in [3.05, 3.63) is 35.5 Å². The summed E-state index contributed by atoms with van der Waals surface area (Å²) >= 11 is 5.97. The zero-order valence-corrected chi connectivity index (χ0v) is 11.6. The van der Waals surface area contributed by atoms with Gasteiger partial charge in [0.1, 0.15) is 0 Å². The highest BCUT2D eigenvalue weighted by molar-refractivity contribution is 7.93. The number of halogens is 1. The first kappa shape index (κ1) is 13.1. The third-order valence-corrected chi connectivity index (χ3v) is 4.51. The van der Waals surface area contributed by atoms with Crippen molar-refractivity contribution in [2.75, 3.05) is 4.72 Å². The second-order valence-corrected chi connectivity index (χ2v) is 6.90. The first-order valence-electron chi connectivity index (χ1n) is 5.46. The Bertz CT molecular complexity index is 684. The van der Waals surface area contributed by atoms with Gasteiger partial charge < -0.3 is 0 Å². The molecule has 18 heavy (non-hydrogen) atoms. The number of sulfonamides is 1. The number of pyridine rings is 1. The van der Waals surface area contributed by atoms with Crippen molar-refractivity contribution in [3.63, 3.8) is 0 Å². The molecule has 0 saturated heterocycles. The fourth-order valence-electron chi connectivity index (χ4n) is 1.50. The minimum Gasteiger partial charge on any atom is -0.281 e. The van der Waals surface area contributed by atoms with Crippen molar-refractivity contribution in [1.82, 2.24) is 4.98 Å². The number of fused-ring (bicyclic) bond motifs is 1. The van der Waals surface area contributed by atoms with Crippen LogP contribution in [0.3, 0.4) is 0 Å². The van der Waals surface area contributed by atoms with Gasteiger partial charge in [0.05, 0.1) is 16.5 Å². The molecule has 0 radical (unpaired) electrons. The molecule has 2 rings (SSSR count). The normalized spacial score (nSPS) is 12.0. The molecular weight excluding hydrogens is 272 g/mol. The number of hydrogen-bond acceptors (Lipinski definition) is 3. The van der Waals surface area contributed by atoms with Crippen LogP contribution in [-0.4, -0.2) is 18.7 Å². The Morgan fingerprint density at radius 1 is 1.33 bits per heavy atom. The Balaban J connectivity index is 2.58. The van der Waals surface area contributed by atoms with E-state index in [4.69, 9.17) is 11.6 Å². The molecule has 1 N–H and O–H groups in total. The molecule has 0 aliphatic carbocycles. The summed E-state index contributed by atoms with van der Waals surface area (Å²) < 4.78 is 26.3. The van der Waals surface area contributed by atoms with Crippen LogP contribution in [-0.2, 0) is 10.0 Å². The van der Waals surface area contributed by atoms with Crippen LogP contribution < -0.4 is 4.72 Å². The average molecular weight is 285 g/mol. The van der Waals surface area contributed by atoms with Crippen molar-refractivity contribution >= 4 is 38.2 Å². The minimum absolute atomic E-state index is 0.409. The Kier molecular flexibility index (Phi) is 3.45. The Morgan fingerprint density at radius 3 is 2.72 bits per heavy atom. The third kappa shape index (κ3) is 2.57. The van der Waals surface area contributed by atoms with Gasteiger partial charge in [-0.15, -0.1) is 0 Å². The van der Waals surface area contributed by atoms with Gasteiger partial charge in [-0.25, -0.2) is 8.42 Å². The highest BCUT2D eigenvalue weighted by Crippen LogP contribution is 2.27. The SMILES string of the molecule is CC(C)S(=O)(=O)Nc1cc(Cl)cc2cccnc12. The van der Waals surface area contributed by atoms with Gasteiger partial charge in [-0.2, -0.15) is 0 Å². The Morgan fingerprint density at radius 2 is 2.06 bits per heavy atom.